The van der Waals surface area contributed by atoms with Crippen LogP contribution in [0.2, 0.25) is 0 Å². The smallest absolute Gasteiger partial charge is 0.404 e. The maximum Gasteiger partial charge on any atom is 0.573 e. The minimum atomic E-state index is -4.85. The summed E-state index contributed by atoms with van der Waals surface area (Å²) in [6.07, 6.45) is -4.85. The summed E-state index contributed by atoms with van der Waals surface area (Å²) in [5, 5.41) is 13.4. The molecule has 3 aromatic rings. The summed E-state index contributed by atoms with van der Waals surface area (Å²) in [7, 11) is 0. The topological polar surface area (TPSA) is 91.9 Å². The fourth-order valence-electron chi connectivity index (χ4n) is 2.00. The number of alkyl halides is 3. The molecule has 0 bridgehead atoms. The largest absolute Gasteiger partial charge is 0.573 e. The van der Waals surface area contributed by atoms with E-state index >= 15 is 0 Å². The molecule has 0 aliphatic rings. The molecule has 2 aromatic heterocycles. The van der Waals surface area contributed by atoms with E-state index in [1.165, 1.54) is 29.5 Å². The monoisotopic (exact) mass is 383 g/mol. The Hall–Kier alpha value is -3.08. The van der Waals surface area contributed by atoms with E-state index in [4.69, 9.17) is 0 Å². The maximum absolute atomic E-state index is 12.4. The molecular formula is C15H12F3N5O2S. The molecule has 0 saturated heterocycles. The van der Waals surface area contributed by atoms with Gasteiger partial charge in [0.1, 0.15) is 5.82 Å². The molecule has 1 aromatic carbocycles. The molecule has 0 saturated carbocycles. The Morgan fingerprint density at radius 1 is 1.23 bits per heavy atom. The number of thiophene rings is 1. The van der Waals surface area contributed by atoms with Gasteiger partial charge in [0.2, 0.25) is 0 Å². The highest BCUT2D eigenvalue weighted by Gasteiger charge is 2.32. The molecule has 7 nitrogen and oxygen atoms in total. The van der Waals surface area contributed by atoms with E-state index in [0.717, 1.165) is 10.9 Å². The van der Waals surface area contributed by atoms with Crippen molar-refractivity contribution in [3.8, 4) is 16.5 Å². The van der Waals surface area contributed by atoms with Crippen molar-refractivity contribution in [3.63, 3.8) is 0 Å². The number of aromatic amines is 1. The van der Waals surface area contributed by atoms with Crippen LogP contribution in [-0.4, -0.2) is 27.6 Å². The number of ether oxygens (including phenoxy) is 1. The quantitative estimate of drug-likeness (QED) is 0.626. The number of anilines is 1. The number of hydrogen-bond acceptors (Lipinski definition) is 5. The molecule has 11 heteroatoms. The van der Waals surface area contributed by atoms with Gasteiger partial charge in [-0.05, 0) is 23.6 Å². The van der Waals surface area contributed by atoms with E-state index in [1.807, 2.05) is 17.5 Å². The van der Waals surface area contributed by atoms with Crippen molar-refractivity contribution in [3.05, 3.63) is 47.6 Å². The first-order valence-electron chi connectivity index (χ1n) is 7.25. The Labute approximate surface area is 149 Å². The number of halogens is 3. The third-order valence-electron chi connectivity index (χ3n) is 3.05. The number of rotatable bonds is 5. The van der Waals surface area contributed by atoms with Gasteiger partial charge in [0.25, 0.3) is 0 Å². The van der Waals surface area contributed by atoms with Crippen molar-refractivity contribution in [2.75, 3.05) is 5.32 Å². The molecule has 0 aliphatic heterocycles. The number of carbonyl (C=O) groups excluding carboxylic acids is 1. The number of hydrogen-bond donors (Lipinski definition) is 3. The van der Waals surface area contributed by atoms with E-state index < -0.39 is 18.1 Å². The highest BCUT2D eigenvalue weighted by atomic mass is 32.1. The molecule has 0 radical (unpaired) electrons. The van der Waals surface area contributed by atoms with Crippen LogP contribution in [0.1, 0.15) is 5.82 Å². The van der Waals surface area contributed by atoms with Crippen molar-refractivity contribution in [2.24, 2.45) is 0 Å². The van der Waals surface area contributed by atoms with Gasteiger partial charge in [0.05, 0.1) is 17.1 Å². The number of benzene rings is 1. The van der Waals surface area contributed by atoms with Crippen LogP contribution in [-0.2, 0) is 6.54 Å². The molecule has 0 unspecified atom stereocenters. The highest BCUT2D eigenvalue weighted by Crippen LogP contribution is 2.29. The van der Waals surface area contributed by atoms with E-state index in [9.17, 15) is 18.0 Å². The zero-order valence-electron chi connectivity index (χ0n) is 13.0. The van der Waals surface area contributed by atoms with Crippen molar-refractivity contribution < 1.29 is 22.7 Å². The van der Waals surface area contributed by atoms with Gasteiger partial charge in [-0.1, -0.05) is 18.2 Å². The van der Waals surface area contributed by atoms with E-state index in [1.54, 1.807) is 0 Å². The summed E-state index contributed by atoms with van der Waals surface area (Å²) < 4.78 is 41.0. The number of nitrogens with one attached hydrogen (secondary N) is 3. The van der Waals surface area contributed by atoms with Crippen molar-refractivity contribution in [1.82, 2.24) is 20.5 Å². The van der Waals surface area contributed by atoms with Crippen LogP contribution in [0.3, 0.4) is 0 Å². The van der Waals surface area contributed by atoms with Gasteiger partial charge in [-0.25, -0.2) is 9.78 Å². The van der Waals surface area contributed by atoms with E-state index in [2.05, 4.69) is 30.6 Å². The molecule has 2 heterocycles. The first-order chi connectivity index (χ1) is 12.4. The molecule has 2 amide bonds. The molecule has 0 aliphatic carbocycles. The van der Waals surface area contributed by atoms with Gasteiger partial charge < -0.3 is 15.4 Å². The van der Waals surface area contributed by atoms with Crippen LogP contribution in [0.5, 0.6) is 5.75 Å². The molecule has 26 heavy (non-hydrogen) atoms. The zero-order valence-corrected chi connectivity index (χ0v) is 13.8. The van der Waals surface area contributed by atoms with Crippen molar-refractivity contribution in [2.45, 2.75) is 12.9 Å². The number of H-pyrrole nitrogens is 1. The Bertz CT molecular complexity index is 880. The van der Waals surface area contributed by atoms with Crippen molar-refractivity contribution >= 4 is 23.1 Å². The summed E-state index contributed by atoms with van der Waals surface area (Å²) >= 11 is 1.47. The van der Waals surface area contributed by atoms with Gasteiger partial charge in [-0.15, -0.1) is 24.5 Å². The predicted molar refractivity (Wildman–Crippen MR) is 88.7 cm³/mol. The standard InChI is InChI=1S/C15H12F3N5O2S/c16-15(17,18)25-10-5-2-1-4-9(10)20-14(24)19-8-12-21-13(23-22-12)11-6-3-7-26-11/h1-7H,8H2,(H2,19,20,24)(H,21,22,23). The van der Waals surface area contributed by atoms with Gasteiger partial charge in [-0.3, -0.25) is 5.10 Å². The Morgan fingerprint density at radius 3 is 2.77 bits per heavy atom. The lowest BCUT2D eigenvalue weighted by atomic mass is 10.3. The molecule has 3 N–H and O–H groups in total. The minimum Gasteiger partial charge on any atom is -0.404 e. The molecule has 0 atom stereocenters. The SMILES string of the molecule is O=C(NCc1nc(-c2cccs2)n[nH]1)Nc1ccccc1OC(F)(F)F. The second-order valence-corrected chi connectivity index (χ2v) is 5.88. The fourth-order valence-corrected chi connectivity index (χ4v) is 2.66. The maximum atomic E-state index is 12.4. The molecule has 3 rings (SSSR count). The number of carbonyl (C=O) groups is 1. The fraction of sp³-hybridized carbons (Fsp3) is 0.133. The van der Waals surface area contributed by atoms with Gasteiger partial charge >= 0.3 is 12.4 Å². The summed E-state index contributed by atoms with van der Waals surface area (Å²) in [4.78, 5) is 17.0. The second-order valence-electron chi connectivity index (χ2n) is 4.93. The number of amides is 2. The first-order valence-corrected chi connectivity index (χ1v) is 8.13. The lowest BCUT2D eigenvalue weighted by Crippen LogP contribution is -2.29. The Kier molecular flexibility index (Phi) is 5.07. The second kappa shape index (κ2) is 7.44. The van der Waals surface area contributed by atoms with Crippen LogP contribution in [0.4, 0.5) is 23.7 Å². The van der Waals surface area contributed by atoms with Gasteiger partial charge in [0.15, 0.2) is 11.6 Å². The van der Waals surface area contributed by atoms with E-state index in [-0.39, 0.29) is 12.2 Å². The third kappa shape index (κ3) is 4.72. The lowest BCUT2D eigenvalue weighted by Gasteiger charge is -2.13. The first kappa shape index (κ1) is 17.7. The Balaban J connectivity index is 1.58. The molecule has 0 spiro atoms. The van der Waals surface area contributed by atoms with Crippen LogP contribution in [0.15, 0.2) is 41.8 Å². The summed E-state index contributed by atoms with van der Waals surface area (Å²) in [6.45, 7) is 0.0203. The minimum absolute atomic E-state index is 0.0203. The molecular weight excluding hydrogens is 371 g/mol. The van der Waals surface area contributed by atoms with Gasteiger partial charge in [0, 0.05) is 0 Å². The van der Waals surface area contributed by atoms with Crippen molar-refractivity contribution in [1.29, 1.82) is 0 Å². The summed E-state index contributed by atoms with van der Waals surface area (Å²) in [6, 6.07) is 8.25. The molecule has 136 valence electrons. The predicted octanol–water partition coefficient (Wildman–Crippen LogP) is 3.75. The van der Waals surface area contributed by atoms with Crippen LogP contribution in [0.25, 0.3) is 10.7 Å². The summed E-state index contributed by atoms with van der Waals surface area (Å²) in [5.74, 6) is 0.402. The third-order valence-corrected chi connectivity index (χ3v) is 3.92. The Morgan fingerprint density at radius 2 is 2.04 bits per heavy atom. The highest BCUT2D eigenvalue weighted by molar-refractivity contribution is 7.13. The summed E-state index contributed by atoms with van der Waals surface area (Å²) in [5.41, 5.74) is -0.112. The van der Waals surface area contributed by atoms with Crippen LogP contribution in [0, 0.1) is 0 Å². The average molecular weight is 383 g/mol. The zero-order chi connectivity index (χ0) is 18.6. The van der Waals surface area contributed by atoms with E-state index in [0.29, 0.717) is 11.6 Å². The lowest BCUT2D eigenvalue weighted by molar-refractivity contribution is -0.274. The molecule has 0 fully saturated rings. The number of para-hydroxylation sites is 2. The number of aromatic nitrogens is 3. The average Bonchev–Trinajstić information content (AvgIpc) is 3.24. The van der Waals surface area contributed by atoms with Gasteiger partial charge in [-0.2, -0.15) is 5.10 Å². The number of nitrogens with zero attached hydrogens (tertiary/aromatic N) is 2. The van der Waals surface area contributed by atoms with Crippen LogP contribution >= 0.6 is 11.3 Å². The van der Waals surface area contributed by atoms with Crippen LogP contribution < -0.4 is 15.4 Å². The normalized spacial score (nSPS) is 11.2. The number of urea groups is 1.